The van der Waals surface area contributed by atoms with Crippen molar-refractivity contribution in [1.29, 1.82) is 0 Å². The van der Waals surface area contributed by atoms with Gasteiger partial charge in [-0.1, -0.05) is 0 Å². The van der Waals surface area contributed by atoms with E-state index in [1.165, 1.54) is 0 Å². The largest absolute Gasteiger partial charge is 0.481 e. The molecule has 1 N–H and O–H groups in total. The van der Waals surface area contributed by atoms with Crippen LogP contribution in [0.25, 0.3) is 0 Å². The molecule has 0 radical (unpaired) electrons. The molecule has 0 bridgehead atoms. The Morgan fingerprint density at radius 1 is 1.24 bits per heavy atom. The molecule has 0 saturated carbocycles. The van der Waals surface area contributed by atoms with Crippen LogP contribution < -0.4 is 0 Å². The van der Waals surface area contributed by atoms with Crippen molar-refractivity contribution in [3.63, 3.8) is 0 Å². The maximum absolute atomic E-state index is 12.1. The van der Waals surface area contributed by atoms with E-state index in [4.69, 9.17) is 19.3 Å². The number of aliphatic carboxylic acids is 1. The van der Waals surface area contributed by atoms with Gasteiger partial charge in [0.25, 0.3) is 0 Å². The lowest BCUT2D eigenvalue weighted by Crippen LogP contribution is -2.46. The summed E-state index contributed by atoms with van der Waals surface area (Å²) in [4.78, 5) is 24.4. The first-order valence-corrected chi connectivity index (χ1v) is 7.45. The van der Waals surface area contributed by atoms with Crippen LogP contribution in [0.5, 0.6) is 0 Å². The minimum Gasteiger partial charge on any atom is -0.481 e. The standard InChI is InChI=1S/C14H23NO6/c16-13(3-7-20-11-1-5-19-6-2-11)15-4-8-21-12(10-15)9-14(17)18/h11-12H,1-10H2,(H,17,18). The summed E-state index contributed by atoms with van der Waals surface area (Å²) < 4.78 is 16.3. The molecule has 1 atom stereocenters. The van der Waals surface area contributed by atoms with Gasteiger partial charge in [-0.25, -0.2) is 0 Å². The van der Waals surface area contributed by atoms with E-state index in [-0.39, 0.29) is 18.4 Å². The van der Waals surface area contributed by atoms with Crippen LogP contribution in [0.3, 0.4) is 0 Å². The molecule has 7 heteroatoms. The summed E-state index contributed by atoms with van der Waals surface area (Å²) in [6, 6.07) is 0. The minimum atomic E-state index is -0.905. The minimum absolute atomic E-state index is 0.000693. The monoisotopic (exact) mass is 301 g/mol. The fourth-order valence-corrected chi connectivity index (χ4v) is 2.58. The number of nitrogens with zero attached hydrogens (tertiary/aromatic N) is 1. The van der Waals surface area contributed by atoms with Crippen LogP contribution in [0.15, 0.2) is 0 Å². The average Bonchev–Trinajstić information content (AvgIpc) is 2.48. The van der Waals surface area contributed by atoms with E-state index in [1.54, 1.807) is 4.90 Å². The molecule has 1 amide bonds. The van der Waals surface area contributed by atoms with Crippen LogP contribution in [0.4, 0.5) is 0 Å². The van der Waals surface area contributed by atoms with Gasteiger partial charge >= 0.3 is 5.97 Å². The van der Waals surface area contributed by atoms with E-state index in [0.29, 0.717) is 32.7 Å². The number of hydrogen-bond acceptors (Lipinski definition) is 5. The van der Waals surface area contributed by atoms with Crippen LogP contribution in [-0.4, -0.2) is 73.6 Å². The predicted octanol–water partition coefficient (Wildman–Crippen LogP) is 0.274. The summed E-state index contributed by atoms with van der Waals surface area (Å²) in [5, 5.41) is 8.76. The Hall–Kier alpha value is -1.18. The number of carboxylic acids is 1. The zero-order chi connectivity index (χ0) is 15.1. The molecule has 2 rings (SSSR count). The van der Waals surface area contributed by atoms with Gasteiger partial charge in [0.2, 0.25) is 5.91 Å². The van der Waals surface area contributed by atoms with E-state index in [1.807, 2.05) is 0 Å². The Balaban J connectivity index is 1.66. The molecule has 7 nitrogen and oxygen atoms in total. The van der Waals surface area contributed by atoms with E-state index in [0.717, 1.165) is 26.1 Å². The smallest absolute Gasteiger partial charge is 0.306 e. The zero-order valence-corrected chi connectivity index (χ0v) is 12.2. The fourth-order valence-electron chi connectivity index (χ4n) is 2.58. The van der Waals surface area contributed by atoms with Gasteiger partial charge in [0.1, 0.15) is 0 Å². The SMILES string of the molecule is O=C(O)CC1CN(C(=O)CCOC2CCOCC2)CCO1. The molecule has 2 heterocycles. The summed E-state index contributed by atoms with van der Waals surface area (Å²) in [7, 11) is 0. The van der Waals surface area contributed by atoms with Crippen LogP contribution in [-0.2, 0) is 23.8 Å². The number of carboxylic acid groups (broad SMARTS) is 1. The molecule has 0 aromatic carbocycles. The summed E-state index contributed by atoms with van der Waals surface area (Å²) in [6.07, 6.45) is 1.81. The van der Waals surface area contributed by atoms with Crippen molar-refractivity contribution in [2.45, 2.75) is 37.9 Å². The number of morpholine rings is 1. The molecular formula is C14H23NO6. The predicted molar refractivity (Wildman–Crippen MR) is 73.0 cm³/mol. The van der Waals surface area contributed by atoms with Crippen LogP contribution >= 0.6 is 0 Å². The van der Waals surface area contributed by atoms with Gasteiger partial charge in [0.05, 0.1) is 38.3 Å². The maximum atomic E-state index is 12.1. The quantitative estimate of drug-likeness (QED) is 0.758. The lowest BCUT2D eigenvalue weighted by molar-refractivity contribution is -0.148. The first-order valence-electron chi connectivity index (χ1n) is 7.45. The number of ether oxygens (including phenoxy) is 3. The van der Waals surface area contributed by atoms with E-state index < -0.39 is 12.1 Å². The van der Waals surface area contributed by atoms with Crippen LogP contribution in [0, 0.1) is 0 Å². The van der Waals surface area contributed by atoms with E-state index in [2.05, 4.69) is 0 Å². The highest BCUT2D eigenvalue weighted by atomic mass is 16.5. The Labute approximate surface area is 124 Å². The van der Waals surface area contributed by atoms with Crippen molar-refractivity contribution in [3.8, 4) is 0 Å². The highest BCUT2D eigenvalue weighted by molar-refractivity contribution is 5.76. The highest BCUT2D eigenvalue weighted by Crippen LogP contribution is 2.13. The molecule has 2 aliphatic rings. The third-order valence-corrected chi connectivity index (χ3v) is 3.73. The third-order valence-electron chi connectivity index (χ3n) is 3.73. The van der Waals surface area contributed by atoms with Gasteiger partial charge in [-0.05, 0) is 12.8 Å². The average molecular weight is 301 g/mol. The molecule has 21 heavy (non-hydrogen) atoms. The second-order valence-electron chi connectivity index (χ2n) is 5.36. The molecule has 2 fully saturated rings. The first-order chi connectivity index (χ1) is 10.1. The number of hydrogen-bond donors (Lipinski definition) is 1. The lowest BCUT2D eigenvalue weighted by atomic mass is 10.1. The van der Waals surface area contributed by atoms with Gasteiger partial charge in [-0.15, -0.1) is 0 Å². The number of carbonyl (C=O) groups is 2. The first kappa shape index (κ1) is 16.2. The van der Waals surface area contributed by atoms with Crippen molar-refractivity contribution in [3.05, 3.63) is 0 Å². The molecule has 120 valence electrons. The second-order valence-corrected chi connectivity index (χ2v) is 5.36. The molecule has 1 unspecified atom stereocenters. The van der Waals surface area contributed by atoms with Gasteiger partial charge < -0.3 is 24.2 Å². The van der Waals surface area contributed by atoms with E-state index in [9.17, 15) is 9.59 Å². The van der Waals surface area contributed by atoms with Gasteiger partial charge in [0, 0.05) is 26.3 Å². The Morgan fingerprint density at radius 3 is 2.71 bits per heavy atom. The topological polar surface area (TPSA) is 85.3 Å². The Kier molecular flexibility index (Phi) is 6.41. The van der Waals surface area contributed by atoms with E-state index >= 15 is 0 Å². The van der Waals surface area contributed by atoms with Crippen LogP contribution in [0.2, 0.25) is 0 Å². The Bertz CT molecular complexity index is 355. The third kappa shape index (κ3) is 5.61. The van der Waals surface area contributed by atoms with Gasteiger partial charge in [-0.2, -0.15) is 0 Å². The van der Waals surface area contributed by atoms with Crippen LogP contribution in [0.1, 0.15) is 25.7 Å². The fraction of sp³-hybridized carbons (Fsp3) is 0.857. The summed E-state index contributed by atoms with van der Waals surface area (Å²) in [5.41, 5.74) is 0. The van der Waals surface area contributed by atoms with Gasteiger partial charge in [-0.3, -0.25) is 9.59 Å². The lowest BCUT2D eigenvalue weighted by Gasteiger charge is -2.32. The molecule has 0 aromatic rings. The summed E-state index contributed by atoms with van der Waals surface area (Å²) >= 11 is 0. The normalized spacial score (nSPS) is 24.0. The zero-order valence-electron chi connectivity index (χ0n) is 12.2. The molecule has 2 aliphatic heterocycles. The molecule has 0 aromatic heterocycles. The number of carbonyl (C=O) groups excluding carboxylic acids is 1. The van der Waals surface area contributed by atoms with Crippen molar-refractivity contribution in [2.75, 3.05) is 39.5 Å². The van der Waals surface area contributed by atoms with Crippen molar-refractivity contribution >= 4 is 11.9 Å². The Morgan fingerprint density at radius 2 is 2.00 bits per heavy atom. The maximum Gasteiger partial charge on any atom is 0.306 e. The molecular weight excluding hydrogens is 278 g/mol. The molecule has 2 saturated heterocycles. The number of rotatable bonds is 6. The summed E-state index contributed by atoms with van der Waals surface area (Å²) in [6.45, 7) is 3.11. The van der Waals surface area contributed by atoms with Crippen molar-refractivity contribution in [2.24, 2.45) is 0 Å². The van der Waals surface area contributed by atoms with Crippen molar-refractivity contribution in [1.82, 2.24) is 4.90 Å². The molecule has 0 spiro atoms. The number of amides is 1. The van der Waals surface area contributed by atoms with Crippen molar-refractivity contribution < 1.29 is 28.9 Å². The second kappa shape index (κ2) is 8.31. The van der Waals surface area contributed by atoms with Gasteiger partial charge in [0.15, 0.2) is 0 Å². The highest BCUT2D eigenvalue weighted by Gasteiger charge is 2.25. The summed E-state index contributed by atoms with van der Waals surface area (Å²) in [5.74, 6) is -0.905. The molecule has 0 aliphatic carbocycles.